The van der Waals surface area contributed by atoms with Crippen molar-refractivity contribution in [1.29, 1.82) is 0 Å². The molecular weight excluding hydrogens is 334 g/mol. The summed E-state index contributed by atoms with van der Waals surface area (Å²) in [6.07, 6.45) is 0.456. The minimum atomic E-state index is -3.49. The summed E-state index contributed by atoms with van der Waals surface area (Å²) in [6.45, 7) is 0.478. The van der Waals surface area contributed by atoms with Gasteiger partial charge in [0.2, 0.25) is 15.9 Å². The number of rotatable bonds is 6. The van der Waals surface area contributed by atoms with E-state index in [1.54, 1.807) is 12.1 Å². The van der Waals surface area contributed by atoms with Crippen LogP contribution in [0.15, 0.2) is 30.3 Å². The second-order valence-electron chi connectivity index (χ2n) is 5.70. The average molecular weight is 353 g/mol. The van der Waals surface area contributed by atoms with E-state index in [0.717, 1.165) is 4.90 Å². The Morgan fingerprint density at radius 2 is 1.96 bits per heavy atom. The van der Waals surface area contributed by atoms with Crippen molar-refractivity contribution in [2.24, 2.45) is 0 Å². The Balaban J connectivity index is 1.54. The molecule has 2 heterocycles. The van der Waals surface area contributed by atoms with Crippen LogP contribution in [0.4, 0.5) is 4.79 Å². The van der Waals surface area contributed by atoms with Gasteiger partial charge in [-0.05, 0) is 18.6 Å². The first kappa shape index (κ1) is 16.7. The zero-order chi connectivity index (χ0) is 17.2. The molecule has 2 aliphatic heterocycles. The molecule has 1 unspecified atom stereocenters. The lowest BCUT2D eigenvalue weighted by molar-refractivity contribution is -0.126. The topological polar surface area (TPSA) is 96.0 Å². The molecule has 0 aliphatic carbocycles. The van der Waals surface area contributed by atoms with E-state index in [9.17, 15) is 18.0 Å². The van der Waals surface area contributed by atoms with Crippen LogP contribution in [-0.4, -0.2) is 67.6 Å². The number of carbonyl (C=O) groups excluding carboxylic acids is 2. The van der Waals surface area contributed by atoms with Crippen molar-refractivity contribution < 1.29 is 22.7 Å². The van der Waals surface area contributed by atoms with Crippen LogP contribution in [-0.2, 0) is 14.8 Å². The molecular formula is C15H19N3O5S. The van der Waals surface area contributed by atoms with E-state index in [1.165, 1.54) is 4.31 Å². The van der Waals surface area contributed by atoms with Gasteiger partial charge < -0.3 is 10.1 Å². The number of urea groups is 1. The zero-order valence-electron chi connectivity index (χ0n) is 13.1. The molecule has 2 aliphatic rings. The Morgan fingerprint density at radius 1 is 1.21 bits per heavy atom. The Bertz CT molecular complexity index is 706. The van der Waals surface area contributed by atoms with E-state index >= 15 is 0 Å². The van der Waals surface area contributed by atoms with Crippen molar-refractivity contribution >= 4 is 22.0 Å². The molecule has 3 amide bonds. The van der Waals surface area contributed by atoms with Gasteiger partial charge in [-0.15, -0.1) is 0 Å². The van der Waals surface area contributed by atoms with E-state index in [4.69, 9.17) is 4.74 Å². The minimum Gasteiger partial charge on any atom is -0.492 e. The SMILES string of the molecule is O=C1CNC(=O)N1C1CCN(S(=O)(=O)CCOc2ccccc2)C1. The molecule has 1 atom stereocenters. The molecule has 0 radical (unpaired) electrons. The standard InChI is InChI=1S/C15H19N3O5S/c19-14-10-16-15(20)18(14)12-6-7-17(11-12)24(21,22)9-8-23-13-4-2-1-3-5-13/h1-5,12H,6-11H2,(H,16,20). The van der Waals surface area contributed by atoms with Crippen molar-refractivity contribution in [2.45, 2.75) is 12.5 Å². The summed E-state index contributed by atoms with van der Waals surface area (Å²) in [7, 11) is -3.49. The van der Waals surface area contributed by atoms with Crippen LogP contribution in [0, 0.1) is 0 Å². The maximum atomic E-state index is 12.4. The van der Waals surface area contributed by atoms with Gasteiger partial charge in [-0.25, -0.2) is 13.2 Å². The van der Waals surface area contributed by atoms with Gasteiger partial charge >= 0.3 is 6.03 Å². The van der Waals surface area contributed by atoms with Crippen molar-refractivity contribution in [1.82, 2.24) is 14.5 Å². The molecule has 9 heteroatoms. The second kappa shape index (κ2) is 6.78. The van der Waals surface area contributed by atoms with E-state index in [-0.39, 0.29) is 31.4 Å². The number of nitrogens with one attached hydrogen (secondary N) is 1. The third-order valence-electron chi connectivity index (χ3n) is 4.12. The summed E-state index contributed by atoms with van der Waals surface area (Å²) in [6, 6.07) is 8.15. The van der Waals surface area contributed by atoms with Crippen LogP contribution in [0.1, 0.15) is 6.42 Å². The summed E-state index contributed by atoms with van der Waals surface area (Å²) in [5, 5.41) is 2.45. The maximum absolute atomic E-state index is 12.4. The number of nitrogens with zero attached hydrogens (tertiary/aromatic N) is 2. The van der Waals surface area contributed by atoms with Gasteiger partial charge in [-0.2, -0.15) is 4.31 Å². The van der Waals surface area contributed by atoms with Crippen molar-refractivity contribution in [2.75, 3.05) is 32.0 Å². The van der Waals surface area contributed by atoms with Gasteiger partial charge in [0, 0.05) is 13.1 Å². The third-order valence-corrected chi connectivity index (χ3v) is 5.92. The number of para-hydroxylation sites is 1. The zero-order valence-corrected chi connectivity index (χ0v) is 13.9. The molecule has 0 aromatic heterocycles. The number of carbonyl (C=O) groups is 2. The third kappa shape index (κ3) is 3.51. The molecule has 8 nitrogen and oxygen atoms in total. The average Bonchev–Trinajstić information content (AvgIpc) is 3.15. The molecule has 1 aromatic carbocycles. The largest absolute Gasteiger partial charge is 0.492 e. The van der Waals surface area contributed by atoms with Crippen LogP contribution in [0.3, 0.4) is 0 Å². The monoisotopic (exact) mass is 353 g/mol. The molecule has 130 valence electrons. The highest BCUT2D eigenvalue weighted by molar-refractivity contribution is 7.89. The maximum Gasteiger partial charge on any atom is 0.324 e. The highest BCUT2D eigenvalue weighted by Gasteiger charge is 2.41. The van der Waals surface area contributed by atoms with E-state index in [0.29, 0.717) is 18.7 Å². The van der Waals surface area contributed by atoms with Gasteiger partial charge in [-0.3, -0.25) is 9.69 Å². The molecule has 0 bridgehead atoms. The van der Waals surface area contributed by atoms with E-state index in [1.807, 2.05) is 18.2 Å². The lowest BCUT2D eigenvalue weighted by Gasteiger charge is -2.21. The molecule has 2 fully saturated rings. The summed E-state index contributed by atoms with van der Waals surface area (Å²) in [5.41, 5.74) is 0. The van der Waals surface area contributed by atoms with Crippen LogP contribution < -0.4 is 10.1 Å². The first-order valence-corrected chi connectivity index (χ1v) is 9.34. The van der Waals surface area contributed by atoms with Gasteiger partial charge in [0.25, 0.3) is 0 Å². The number of sulfonamides is 1. The fraction of sp³-hybridized carbons (Fsp3) is 0.467. The normalized spacial score (nSPS) is 22.0. The first-order valence-electron chi connectivity index (χ1n) is 7.73. The second-order valence-corrected chi connectivity index (χ2v) is 7.79. The minimum absolute atomic E-state index is 0.0208. The quantitative estimate of drug-likeness (QED) is 0.728. The van der Waals surface area contributed by atoms with Gasteiger partial charge in [0.15, 0.2) is 0 Å². The summed E-state index contributed by atoms with van der Waals surface area (Å²) < 4.78 is 31.5. The number of hydrogen-bond donors (Lipinski definition) is 1. The molecule has 3 rings (SSSR count). The van der Waals surface area contributed by atoms with Gasteiger partial charge in [0.1, 0.15) is 12.4 Å². The van der Waals surface area contributed by atoms with Crippen molar-refractivity contribution in [3.8, 4) is 5.75 Å². The van der Waals surface area contributed by atoms with Crippen LogP contribution >= 0.6 is 0 Å². The van der Waals surface area contributed by atoms with E-state index in [2.05, 4.69) is 5.32 Å². The molecule has 24 heavy (non-hydrogen) atoms. The Morgan fingerprint density at radius 3 is 2.62 bits per heavy atom. The Hall–Kier alpha value is -2.13. The predicted octanol–water partition coefficient (Wildman–Crippen LogP) is 0.0213. The number of ether oxygens (including phenoxy) is 1. The van der Waals surface area contributed by atoms with Crippen LogP contribution in [0.5, 0.6) is 5.75 Å². The van der Waals surface area contributed by atoms with Crippen molar-refractivity contribution in [3.63, 3.8) is 0 Å². The summed E-state index contributed by atoms with van der Waals surface area (Å²) in [4.78, 5) is 24.5. The highest BCUT2D eigenvalue weighted by atomic mass is 32.2. The number of hydrogen-bond acceptors (Lipinski definition) is 5. The fourth-order valence-electron chi connectivity index (χ4n) is 2.89. The number of imide groups is 1. The number of benzene rings is 1. The first-order chi connectivity index (χ1) is 11.5. The summed E-state index contributed by atoms with van der Waals surface area (Å²) >= 11 is 0. The Labute approximate surface area is 140 Å². The smallest absolute Gasteiger partial charge is 0.324 e. The lowest BCUT2D eigenvalue weighted by atomic mass is 10.2. The van der Waals surface area contributed by atoms with Gasteiger partial charge in [0.05, 0.1) is 18.3 Å². The molecule has 0 saturated carbocycles. The van der Waals surface area contributed by atoms with Crippen LogP contribution in [0.25, 0.3) is 0 Å². The highest BCUT2D eigenvalue weighted by Crippen LogP contribution is 2.21. The molecule has 0 spiro atoms. The Kier molecular flexibility index (Phi) is 4.72. The molecule has 1 N–H and O–H groups in total. The molecule has 1 aromatic rings. The van der Waals surface area contributed by atoms with Gasteiger partial charge in [-0.1, -0.05) is 18.2 Å². The predicted molar refractivity (Wildman–Crippen MR) is 85.9 cm³/mol. The van der Waals surface area contributed by atoms with Crippen LogP contribution in [0.2, 0.25) is 0 Å². The number of amides is 3. The molecule has 2 saturated heterocycles. The summed E-state index contributed by atoms with van der Waals surface area (Å²) in [5.74, 6) is 0.164. The fourth-order valence-corrected chi connectivity index (χ4v) is 4.22. The van der Waals surface area contributed by atoms with E-state index < -0.39 is 22.1 Å². The van der Waals surface area contributed by atoms with Crippen molar-refractivity contribution in [3.05, 3.63) is 30.3 Å². The lowest BCUT2D eigenvalue weighted by Crippen LogP contribution is -2.43.